The number of carboxylic acid groups (broad SMARTS) is 1. The molecule has 1 fully saturated rings. The van der Waals surface area contributed by atoms with Crippen molar-refractivity contribution in [2.75, 3.05) is 13.2 Å². The lowest BCUT2D eigenvalue weighted by atomic mass is 9.98. The molecule has 470 valence electrons. The Morgan fingerprint density at radius 2 is 0.778 bits per heavy atom. The minimum atomic E-state index is -1.90. The van der Waals surface area contributed by atoms with Gasteiger partial charge in [-0.1, -0.05) is 268 Å². The van der Waals surface area contributed by atoms with Gasteiger partial charge < -0.3 is 39.0 Å². The fourth-order valence-electron chi connectivity index (χ4n) is 10.3. The van der Waals surface area contributed by atoms with Gasteiger partial charge in [0, 0.05) is 19.3 Å². The molecule has 0 aromatic carbocycles. The molecule has 0 saturated carbocycles. The zero-order valence-electron chi connectivity index (χ0n) is 52.0. The third-order valence-corrected chi connectivity index (χ3v) is 15.4. The van der Waals surface area contributed by atoms with E-state index in [1.807, 2.05) is 0 Å². The summed E-state index contributed by atoms with van der Waals surface area (Å²) < 4.78 is 28.6. The Bertz CT molecular complexity index is 1590. The first-order chi connectivity index (χ1) is 39.6. The Morgan fingerprint density at radius 3 is 1.20 bits per heavy atom. The fraction of sp³-hybridized carbons (Fsp3) is 0.826. The first-order valence-electron chi connectivity index (χ1n) is 33.6. The molecule has 0 bridgehead atoms. The number of allylic oxidation sites excluding steroid dienone is 8. The van der Waals surface area contributed by atoms with Crippen LogP contribution in [0.4, 0.5) is 0 Å². The molecule has 0 aromatic heterocycles. The molecule has 6 atom stereocenters. The first-order valence-corrected chi connectivity index (χ1v) is 33.6. The lowest BCUT2D eigenvalue weighted by Gasteiger charge is -2.40. The third-order valence-electron chi connectivity index (χ3n) is 15.4. The molecule has 12 nitrogen and oxygen atoms in total. The van der Waals surface area contributed by atoms with Crippen molar-refractivity contribution < 1.29 is 58.2 Å². The van der Waals surface area contributed by atoms with Crippen LogP contribution in [0.15, 0.2) is 48.6 Å². The Kier molecular flexibility index (Phi) is 53.4. The van der Waals surface area contributed by atoms with Crippen LogP contribution >= 0.6 is 0 Å². The van der Waals surface area contributed by atoms with Gasteiger partial charge >= 0.3 is 23.9 Å². The molecule has 1 aliphatic heterocycles. The van der Waals surface area contributed by atoms with E-state index >= 15 is 0 Å². The number of aliphatic carboxylic acids is 1. The van der Waals surface area contributed by atoms with Gasteiger partial charge in [0.15, 0.2) is 24.6 Å². The number of aliphatic hydroxyl groups excluding tert-OH is 2. The summed E-state index contributed by atoms with van der Waals surface area (Å²) in [6, 6.07) is 0. The highest BCUT2D eigenvalue weighted by Crippen LogP contribution is 2.27. The number of carbonyl (C=O) groups excluding carboxylic acids is 3. The number of hydrogen-bond acceptors (Lipinski definition) is 11. The van der Waals surface area contributed by atoms with E-state index in [9.17, 15) is 34.5 Å². The fourth-order valence-corrected chi connectivity index (χ4v) is 10.3. The van der Waals surface area contributed by atoms with Crippen molar-refractivity contribution in [2.24, 2.45) is 0 Å². The molecule has 1 rings (SSSR count). The van der Waals surface area contributed by atoms with Gasteiger partial charge in [-0.25, -0.2) is 4.79 Å². The zero-order valence-corrected chi connectivity index (χ0v) is 52.0. The summed E-state index contributed by atoms with van der Waals surface area (Å²) in [4.78, 5) is 51.4. The molecule has 0 aromatic rings. The van der Waals surface area contributed by atoms with Crippen molar-refractivity contribution in [3.05, 3.63) is 48.6 Å². The van der Waals surface area contributed by atoms with Crippen molar-refractivity contribution in [3.8, 4) is 0 Å². The van der Waals surface area contributed by atoms with E-state index in [1.165, 1.54) is 161 Å². The first kappa shape index (κ1) is 75.7. The quantitative estimate of drug-likeness (QED) is 0.0228. The lowest BCUT2D eigenvalue weighted by molar-refractivity contribution is -0.301. The Balaban J connectivity index is 2.63. The summed E-state index contributed by atoms with van der Waals surface area (Å²) in [6.45, 7) is 5.91. The number of esters is 3. The number of carbonyl (C=O) groups is 4. The molecule has 0 radical (unpaired) electrons. The number of hydrogen-bond donors (Lipinski definition) is 3. The topological polar surface area (TPSA) is 175 Å². The van der Waals surface area contributed by atoms with Gasteiger partial charge in [0.05, 0.1) is 6.61 Å². The molecule has 81 heavy (non-hydrogen) atoms. The van der Waals surface area contributed by atoms with Crippen LogP contribution in [-0.4, -0.2) is 89.2 Å². The highest BCUT2D eigenvalue weighted by Gasteiger charge is 2.50. The monoisotopic (exact) mass is 1140 g/mol. The van der Waals surface area contributed by atoms with Crippen LogP contribution in [0.1, 0.15) is 316 Å². The van der Waals surface area contributed by atoms with Crippen molar-refractivity contribution in [3.63, 3.8) is 0 Å². The molecular formula is C69H122O12. The lowest BCUT2D eigenvalue weighted by Crippen LogP contribution is -2.61. The summed E-state index contributed by atoms with van der Waals surface area (Å²) in [7, 11) is 0. The van der Waals surface area contributed by atoms with Gasteiger partial charge in [0.1, 0.15) is 18.8 Å². The molecule has 12 heteroatoms. The highest BCUT2D eigenvalue weighted by atomic mass is 16.7. The minimum absolute atomic E-state index is 0.0627. The normalized spacial score (nSPS) is 18.0. The largest absolute Gasteiger partial charge is 0.479 e. The molecule has 0 aliphatic carbocycles. The third kappa shape index (κ3) is 46.7. The van der Waals surface area contributed by atoms with E-state index in [4.69, 9.17) is 23.7 Å². The van der Waals surface area contributed by atoms with E-state index in [-0.39, 0.29) is 25.9 Å². The van der Waals surface area contributed by atoms with Crippen LogP contribution in [0.3, 0.4) is 0 Å². The second-order valence-electron chi connectivity index (χ2n) is 23.1. The average Bonchev–Trinajstić information content (AvgIpc) is 3.52. The second-order valence-corrected chi connectivity index (χ2v) is 23.1. The number of ether oxygens (including phenoxy) is 5. The van der Waals surface area contributed by atoms with Crippen molar-refractivity contribution in [1.29, 1.82) is 0 Å². The van der Waals surface area contributed by atoms with Gasteiger partial charge in [0.25, 0.3) is 0 Å². The highest BCUT2D eigenvalue weighted by molar-refractivity contribution is 5.74. The molecule has 3 N–H and O–H groups in total. The molecular weight excluding hydrogens is 1020 g/mol. The SMILES string of the molecule is CC/C=C\C/C=C\C/C=C\CCCCCCCC(=O)OC(COC(=O)CCCCCCCCC/C=C\CCCCCCCC)COC1OC(C(=O)O)C(O)C(O)C1OC(=O)CCCCCCCCCCCCCCCCCCCCC. The van der Waals surface area contributed by atoms with Crippen LogP contribution in [0.25, 0.3) is 0 Å². The second kappa shape index (κ2) is 57.1. The summed E-state index contributed by atoms with van der Waals surface area (Å²) in [5, 5.41) is 31.6. The van der Waals surface area contributed by atoms with Crippen molar-refractivity contribution in [1.82, 2.24) is 0 Å². The van der Waals surface area contributed by atoms with Gasteiger partial charge in [-0.15, -0.1) is 0 Å². The summed E-state index contributed by atoms with van der Waals surface area (Å²) >= 11 is 0. The number of aliphatic hydroxyl groups is 2. The maximum Gasteiger partial charge on any atom is 0.335 e. The van der Waals surface area contributed by atoms with Crippen LogP contribution in [0.2, 0.25) is 0 Å². The Hall–Kier alpha value is -3.32. The Labute approximate surface area is 494 Å². The minimum Gasteiger partial charge on any atom is -0.479 e. The molecule has 6 unspecified atom stereocenters. The van der Waals surface area contributed by atoms with Gasteiger partial charge in [-0.3, -0.25) is 14.4 Å². The van der Waals surface area contributed by atoms with Gasteiger partial charge in [0.2, 0.25) is 0 Å². The predicted octanol–water partition coefficient (Wildman–Crippen LogP) is 18.1. The predicted molar refractivity (Wildman–Crippen MR) is 331 cm³/mol. The van der Waals surface area contributed by atoms with Gasteiger partial charge in [-0.2, -0.15) is 0 Å². The van der Waals surface area contributed by atoms with E-state index in [0.717, 1.165) is 96.3 Å². The zero-order chi connectivity index (χ0) is 58.9. The smallest absolute Gasteiger partial charge is 0.335 e. The summed E-state index contributed by atoms with van der Waals surface area (Å²) in [5.41, 5.74) is 0. The summed E-state index contributed by atoms with van der Waals surface area (Å²) in [6.07, 6.45) is 57.8. The Morgan fingerprint density at radius 1 is 0.420 bits per heavy atom. The van der Waals surface area contributed by atoms with E-state index < -0.39 is 67.3 Å². The van der Waals surface area contributed by atoms with E-state index in [2.05, 4.69) is 69.4 Å². The molecule has 0 spiro atoms. The van der Waals surface area contributed by atoms with Crippen molar-refractivity contribution in [2.45, 2.75) is 353 Å². The number of carboxylic acids is 1. The van der Waals surface area contributed by atoms with Crippen LogP contribution in [-0.2, 0) is 42.9 Å². The van der Waals surface area contributed by atoms with Gasteiger partial charge in [-0.05, 0) is 77.0 Å². The summed E-state index contributed by atoms with van der Waals surface area (Å²) in [5.74, 6) is -3.12. The number of rotatable bonds is 58. The van der Waals surface area contributed by atoms with Crippen LogP contribution < -0.4 is 0 Å². The van der Waals surface area contributed by atoms with Crippen LogP contribution in [0, 0.1) is 0 Å². The van der Waals surface area contributed by atoms with E-state index in [0.29, 0.717) is 19.3 Å². The molecule has 1 aliphatic rings. The maximum absolute atomic E-state index is 13.2. The number of unbranched alkanes of at least 4 members (excludes halogenated alkanes) is 36. The molecule has 1 saturated heterocycles. The standard InChI is InChI=1S/C69H122O12/c1-4-7-10-13-16-19-22-25-28-30-31-33-36-39-42-45-48-51-54-57-63(72)80-67-65(74)64(73)66(68(75)76)81-69(67)78-59-60(79-62(71)56-53-50-47-44-41-38-34-27-24-21-18-15-12-9-6-3)58-77-61(70)55-52-49-46-43-40-37-35-32-29-26-23-20-17-14-11-8-5-2/h9,12,18,21,26-27,29,34,60,64-67,69,73-74H,4-8,10-11,13-17,19-20,22-25,28,30-33,35-59H2,1-3H3,(H,75,76)/b12-9-,21-18-,29-26-,34-27-. The molecule has 0 amide bonds. The van der Waals surface area contributed by atoms with E-state index in [1.54, 1.807) is 0 Å². The van der Waals surface area contributed by atoms with Crippen molar-refractivity contribution >= 4 is 23.9 Å². The molecule has 1 heterocycles. The van der Waals surface area contributed by atoms with Crippen LogP contribution in [0.5, 0.6) is 0 Å². The maximum atomic E-state index is 13.2. The average molecular weight is 1140 g/mol.